The van der Waals surface area contributed by atoms with Crippen LogP contribution in [0.15, 0.2) is 0 Å². The van der Waals surface area contributed by atoms with Crippen LogP contribution in [0.5, 0.6) is 0 Å². The summed E-state index contributed by atoms with van der Waals surface area (Å²) >= 11 is 0. The zero-order chi connectivity index (χ0) is 21.7. The summed E-state index contributed by atoms with van der Waals surface area (Å²) in [5.41, 5.74) is -0.503. The molecule has 6 aliphatic rings. The summed E-state index contributed by atoms with van der Waals surface area (Å²) in [4.78, 5) is 2.81. The molecular formula is C27H45NO3. The van der Waals surface area contributed by atoms with Crippen molar-refractivity contribution in [3.63, 3.8) is 0 Å². The van der Waals surface area contributed by atoms with E-state index < -0.39 is 5.60 Å². The maximum Gasteiger partial charge on any atom is 0.0711 e. The molecule has 2 heterocycles. The zero-order valence-electron chi connectivity index (χ0n) is 19.9. The highest BCUT2D eigenvalue weighted by Crippen LogP contribution is 2.68. The molecule has 176 valence electrons. The highest BCUT2D eigenvalue weighted by atomic mass is 16.3. The van der Waals surface area contributed by atoms with Crippen LogP contribution < -0.4 is 0 Å². The molecule has 2 aliphatic heterocycles. The molecule has 0 aromatic rings. The average molecular weight is 432 g/mol. The molecule has 4 heteroatoms. The normalized spacial score (nSPS) is 61.5. The van der Waals surface area contributed by atoms with E-state index in [9.17, 15) is 15.3 Å². The van der Waals surface area contributed by atoms with Gasteiger partial charge < -0.3 is 15.3 Å². The van der Waals surface area contributed by atoms with Crippen LogP contribution in [0.4, 0.5) is 0 Å². The molecule has 0 unspecified atom stereocenters. The van der Waals surface area contributed by atoms with Gasteiger partial charge in [0.25, 0.3) is 0 Å². The number of piperidine rings is 2. The minimum Gasteiger partial charge on any atom is -0.393 e. The molecule has 0 amide bonds. The Morgan fingerprint density at radius 3 is 2.39 bits per heavy atom. The van der Waals surface area contributed by atoms with E-state index >= 15 is 0 Å². The first-order chi connectivity index (χ1) is 14.7. The summed E-state index contributed by atoms with van der Waals surface area (Å²) in [6, 6.07) is 0.760. The Labute approximate surface area is 188 Å². The van der Waals surface area contributed by atoms with Gasteiger partial charge in [-0.2, -0.15) is 0 Å². The predicted molar refractivity (Wildman–Crippen MR) is 121 cm³/mol. The summed E-state index contributed by atoms with van der Waals surface area (Å²) in [6.45, 7) is 9.76. The van der Waals surface area contributed by atoms with Crippen LogP contribution in [0.3, 0.4) is 0 Å². The molecule has 4 nitrogen and oxygen atoms in total. The van der Waals surface area contributed by atoms with Crippen molar-refractivity contribution in [2.24, 2.45) is 52.8 Å². The van der Waals surface area contributed by atoms with E-state index in [4.69, 9.17) is 0 Å². The van der Waals surface area contributed by atoms with Crippen LogP contribution in [0.2, 0.25) is 0 Å². The molecule has 0 aromatic carbocycles. The topological polar surface area (TPSA) is 63.9 Å². The Hall–Kier alpha value is -0.160. The third kappa shape index (κ3) is 2.93. The van der Waals surface area contributed by atoms with Crippen LogP contribution >= 0.6 is 0 Å². The van der Waals surface area contributed by atoms with Crippen molar-refractivity contribution in [1.29, 1.82) is 0 Å². The van der Waals surface area contributed by atoms with E-state index in [1.165, 1.54) is 32.4 Å². The second-order valence-corrected chi connectivity index (χ2v) is 13.3. The fraction of sp³-hybridized carbons (Fsp3) is 1.00. The van der Waals surface area contributed by atoms with Gasteiger partial charge in [-0.25, -0.2) is 0 Å². The minimum absolute atomic E-state index is 0.0760. The molecule has 31 heavy (non-hydrogen) atoms. The molecule has 0 spiro atoms. The van der Waals surface area contributed by atoms with E-state index in [0.29, 0.717) is 17.8 Å². The van der Waals surface area contributed by atoms with Gasteiger partial charge in [-0.15, -0.1) is 0 Å². The van der Waals surface area contributed by atoms with Crippen molar-refractivity contribution >= 4 is 0 Å². The Balaban J connectivity index is 1.32. The summed E-state index contributed by atoms with van der Waals surface area (Å²) in [5.74, 6) is 4.30. The third-order valence-electron chi connectivity index (χ3n) is 12.1. The number of rotatable bonds is 0. The second kappa shape index (κ2) is 7.17. The van der Waals surface area contributed by atoms with E-state index in [-0.39, 0.29) is 29.5 Å². The summed E-state index contributed by atoms with van der Waals surface area (Å²) in [5, 5.41) is 33.8. The Kier molecular flexibility index (Phi) is 4.94. The lowest BCUT2D eigenvalue weighted by Gasteiger charge is -2.59. The van der Waals surface area contributed by atoms with Crippen molar-refractivity contribution in [3.05, 3.63) is 0 Å². The van der Waals surface area contributed by atoms with Gasteiger partial charge >= 0.3 is 0 Å². The molecule has 6 fully saturated rings. The maximum atomic E-state index is 12.3. The second-order valence-electron chi connectivity index (χ2n) is 13.3. The van der Waals surface area contributed by atoms with Gasteiger partial charge in [0.15, 0.2) is 0 Å². The molecule has 3 N–H and O–H groups in total. The standard InChI is InChI=1S/C27H45NO3/c1-15-4-5-24-16(2)18-7-9-27(31)20(19(18)14-28(24)13-15)11-21-22(27)12-25(30)23-10-17(29)6-8-26(21,23)3/h15-25,29-31H,4-14H2,1-3H3/t15-,16-,17+,18-,19+,20+,21+,22-,23-,24+,25-,26-,27+/m1/s1. The maximum absolute atomic E-state index is 12.3. The van der Waals surface area contributed by atoms with Crippen LogP contribution in [-0.2, 0) is 0 Å². The average Bonchev–Trinajstić information content (AvgIpc) is 3.03. The molecule has 4 saturated carbocycles. The highest BCUT2D eigenvalue weighted by molar-refractivity contribution is 5.17. The zero-order valence-corrected chi connectivity index (χ0v) is 19.9. The van der Waals surface area contributed by atoms with Crippen LogP contribution in [0, 0.1) is 52.8 Å². The van der Waals surface area contributed by atoms with Gasteiger partial charge in [0.2, 0.25) is 0 Å². The number of hydrogen-bond donors (Lipinski definition) is 3. The van der Waals surface area contributed by atoms with Crippen molar-refractivity contribution < 1.29 is 15.3 Å². The molecule has 2 saturated heterocycles. The fourth-order valence-electron chi connectivity index (χ4n) is 10.6. The number of hydrogen-bond acceptors (Lipinski definition) is 4. The van der Waals surface area contributed by atoms with Crippen LogP contribution in [0.25, 0.3) is 0 Å². The first kappa shape index (κ1) is 21.4. The SMILES string of the molecule is C[C@@H]1CC[C@H]2[C@H](C)[C@H]3CC[C@@]4(O)[C@@H]5C[C@@H](O)[C@H]6C[C@@H](O)CC[C@]6(C)[C@H]5C[C@H]4[C@H]3CN2C1. The first-order valence-corrected chi connectivity index (χ1v) is 13.5. The first-order valence-electron chi connectivity index (χ1n) is 13.5. The number of aliphatic hydroxyl groups excluding tert-OH is 2. The lowest BCUT2D eigenvalue weighted by atomic mass is 9.50. The molecule has 0 aromatic heterocycles. The van der Waals surface area contributed by atoms with Crippen LogP contribution in [-0.4, -0.2) is 57.2 Å². The van der Waals surface area contributed by atoms with Gasteiger partial charge in [0, 0.05) is 19.1 Å². The van der Waals surface area contributed by atoms with E-state index in [1.807, 2.05) is 0 Å². The van der Waals surface area contributed by atoms with E-state index in [1.54, 1.807) is 0 Å². The monoisotopic (exact) mass is 431 g/mol. The minimum atomic E-state index is -0.579. The van der Waals surface area contributed by atoms with Gasteiger partial charge in [-0.3, -0.25) is 4.90 Å². The van der Waals surface area contributed by atoms with Gasteiger partial charge in [0.05, 0.1) is 17.8 Å². The molecule has 13 atom stereocenters. The van der Waals surface area contributed by atoms with Crippen molar-refractivity contribution in [2.75, 3.05) is 13.1 Å². The van der Waals surface area contributed by atoms with Crippen molar-refractivity contribution in [3.8, 4) is 0 Å². The largest absolute Gasteiger partial charge is 0.393 e. The molecule has 0 radical (unpaired) electrons. The molecule has 0 bridgehead atoms. The Morgan fingerprint density at radius 2 is 1.58 bits per heavy atom. The quantitative estimate of drug-likeness (QED) is 0.547. The van der Waals surface area contributed by atoms with Crippen molar-refractivity contribution in [2.45, 2.75) is 102 Å². The number of aliphatic hydroxyl groups is 3. The Morgan fingerprint density at radius 1 is 0.774 bits per heavy atom. The van der Waals surface area contributed by atoms with Gasteiger partial charge in [-0.1, -0.05) is 20.8 Å². The van der Waals surface area contributed by atoms with Crippen molar-refractivity contribution in [1.82, 2.24) is 4.90 Å². The smallest absolute Gasteiger partial charge is 0.0711 e. The number of fused-ring (bicyclic) bond motifs is 8. The number of nitrogens with zero attached hydrogens (tertiary/aromatic N) is 1. The van der Waals surface area contributed by atoms with Gasteiger partial charge in [0.1, 0.15) is 0 Å². The Bertz CT molecular complexity index is 713. The van der Waals surface area contributed by atoms with E-state index in [2.05, 4.69) is 25.7 Å². The highest BCUT2D eigenvalue weighted by Gasteiger charge is 2.67. The lowest BCUT2D eigenvalue weighted by Crippen LogP contribution is -2.62. The van der Waals surface area contributed by atoms with Gasteiger partial charge in [-0.05, 0) is 111 Å². The summed E-state index contributed by atoms with van der Waals surface area (Å²) in [6.07, 6.45) is 8.78. The summed E-state index contributed by atoms with van der Waals surface area (Å²) < 4.78 is 0. The lowest BCUT2D eigenvalue weighted by molar-refractivity contribution is -0.176. The molecule has 6 rings (SSSR count). The van der Waals surface area contributed by atoms with Crippen LogP contribution in [0.1, 0.15) is 78.6 Å². The third-order valence-corrected chi connectivity index (χ3v) is 12.1. The molecule has 4 aliphatic carbocycles. The predicted octanol–water partition coefficient (Wildman–Crippen LogP) is 3.68. The summed E-state index contributed by atoms with van der Waals surface area (Å²) in [7, 11) is 0. The van der Waals surface area contributed by atoms with E-state index in [0.717, 1.165) is 62.3 Å². The molecular weight excluding hydrogens is 386 g/mol. The fourth-order valence-corrected chi connectivity index (χ4v) is 10.6.